The van der Waals surface area contributed by atoms with E-state index in [-0.39, 0.29) is 37.2 Å². The number of carbonyl (C=O) groups excluding carboxylic acids is 1. The molecule has 22 heavy (non-hydrogen) atoms. The molecule has 6 nitrogen and oxygen atoms in total. The predicted octanol–water partition coefficient (Wildman–Crippen LogP) is 2.93. The van der Waals surface area contributed by atoms with Crippen LogP contribution in [0, 0.1) is 17.0 Å². The Labute approximate surface area is 125 Å². The summed E-state index contributed by atoms with van der Waals surface area (Å²) in [6.07, 6.45) is -0.634. The third-order valence-electron chi connectivity index (χ3n) is 3.81. The van der Waals surface area contributed by atoms with Gasteiger partial charge in [-0.05, 0) is 13.0 Å². The van der Waals surface area contributed by atoms with Gasteiger partial charge in [0.2, 0.25) is 0 Å². The summed E-state index contributed by atoms with van der Waals surface area (Å²) in [6, 6.07) is 2.60. The molecule has 1 aliphatic rings. The second-order valence-corrected chi connectivity index (χ2v) is 5.23. The van der Waals surface area contributed by atoms with E-state index in [9.17, 15) is 23.7 Å². The molecule has 1 aliphatic heterocycles. The Hall–Kier alpha value is -2.25. The van der Waals surface area contributed by atoms with Gasteiger partial charge in [-0.15, -0.1) is 0 Å². The Balaban J connectivity index is 2.43. The number of methoxy groups -OCH3 is 1. The largest absolute Gasteiger partial charge is 0.465 e. The zero-order valence-corrected chi connectivity index (χ0v) is 12.3. The molecule has 1 fully saturated rings. The van der Waals surface area contributed by atoms with Gasteiger partial charge in [0, 0.05) is 37.7 Å². The second kappa shape index (κ2) is 5.86. The summed E-state index contributed by atoms with van der Waals surface area (Å²) < 4.78 is 31.1. The molecule has 0 atom stereocenters. The summed E-state index contributed by atoms with van der Waals surface area (Å²) in [6.45, 7) is 1.70. The lowest BCUT2D eigenvalue weighted by Crippen LogP contribution is -2.39. The number of piperidine rings is 1. The van der Waals surface area contributed by atoms with Crippen molar-refractivity contribution in [1.29, 1.82) is 0 Å². The van der Waals surface area contributed by atoms with Crippen molar-refractivity contribution >= 4 is 17.3 Å². The molecular weight excluding hydrogens is 298 g/mol. The molecule has 1 aromatic carbocycles. The molecule has 1 heterocycles. The fourth-order valence-electron chi connectivity index (χ4n) is 2.51. The molecule has 0 unspecified atom stereocenters. The Morgan fingerprint density at radius 1 is 1.36 bits per heavy atom. The molecule has 0 spiro atoms. The monoisotopic (exact) mass is 314 g/mol. The first-order valence-corrected chi connectivity index (χ1v) is 6.75. The molecule has 8 heteroatoms. The Bertz CT molecular complexity index is 609. The van der Waals surface area contributed by atoms with E-state index in [1.807, 2.05) is 0 Å². The number of carbonyl (C=O) groups is 1. The lowest BCUT2D eigenvalue weighted by atomic mass is 10.0. The fraction of sp³-hybridized carbons (Fsp3) is 0.500. The number of nitrogens with zero attached hydrogens (tertiary/aromatic N) is 2. The predicted molar refractivity (Wildman–Crippen MR) is 75.6 cm³/mol. The van der Waals surface area contributed by atoms with Crippen LogP contribution < -0.4 is 4.90 Å². The SMILES string of the molecule is COC(=O)c1cc(N2CCC(F)(F)CC2)c(C)c([N+](=O)[O-])c1. The highest BCUT2D eigenvalue weighted by Crippen LogP contribution is 2.35. The van der Waals surface area contributed by atoms with Crippen LogP contribution in [0.3, 0.4) is 0 Å². The highest BCUT2D eigenvalue weighted by atomic mass is 19.3. The average molecular weight is 314 g/mol. The molecule has 0 amide bonds. The summed E-state index contributed by atoms with van der Waals surface area (Å²) in [7, 11) is 1.18. The molecule has 1 saturated heterocycles. The number of benzene rings is 1. The van der Waals surface area contributed by atoms with Crippen LogP contribution in [0.15, 0.2) is 12.1 Å². The van der Waals surface area contributed by atoms with Gasteiger partial charge < -0.3 is 9.64 Å². The summed E-state index contributed by atoms with van der Waals surface area (Å²) in [5.74, 6) is -3.41. The number of esters is 1. The zero-order chi connectivity index (χ0) is 16.5. The number of rotatable bonds is 3. The summed E-state index contributed by atoms with van der Waals surface area (Å²) >= 11 is 0. The van der Waals surface area contributed by atoms with Crippen molar-refractivity contribution in [3.8, 4) is 0 Å². The van der Waals surface area contributed by atoms with Crippen LogP contribution in [0.4, 0.5) is 20.2 Å². The van der Waals surface area contributed by atoms with Crippen LogP contribution in [0.25, 0.3) is 0 Å². The summed E-state index contributed by atoms with van der Waals surface area (Å²) in [5, 5.41) is 11.1. The van der Waals surface area contributed by atoms with Crippen LogP contribution >= 0.6 is 0 Å². The van der Waals surface area contributed by atoms with Crippen molar-refractivity contribution in [1.82, 2.24) is 0 Å². The first-order valence-electron chi connectivity index (χ1n) is 6.75. The second-order valence-electron chi connectivity index (χ2n) is 5.23. The molecular formula is C14H16F2N2O4. The molecule has 0 saturated carbocycles. The van der Waals surface area contributed by atoms with Gasteiger partial charge in [-0.1, -0.05) is 0 Å². The summed E-state index contributed by atoms with van der Waals surface area (Å²) in [5.41, 5.74) is 0.579. The molecule has 1 aromatic rings. The topological polar surface area (TPSA) is 72.7 Å². The molecule has 0 N–H and O–H groups in total. The minimum Gasteiger partial charge on any atom is -0.465 e. The Kier molecular flexibility index (Phi) is 4.30. The lowest BCUT2D eigenvalue weighted by Gasteiger charge is -2.34. The van der Waals surface area contributed by atoms with Crippen molar-refractivity contribution in [2.45, 2.75) is 25.7 Å². The standard InChI is InChI=1S/C14H16F2N2O4/c1-9-11(17-5-3-14(15,16)4-6-17)7-10(13(19)22-2)8-12(9)18(20)21/h7-8H,3-6H2,1-2H3. The minimum atomic E-state index is -2.71. The smallest absolute Gasteiger partial charge is 0.338 e. The minimum absolute atomic E-state index is 0.0344. The van der Waals surface area contributed by atoms with Crippen LogP contribution in [0.5, 0.6) is 0 Å². The van der Waals surface area contributed by atoms with Crippen molar-refractivity contribution < 1.29 is 23.2 Å². The van der Waals surface area contributed by atoms with E-state index in [1.54, 1.807) is 11.8 Å². The third-order valence-corrected chi connectivity index (χ3v) is 3.81. The van der Waals surface area contributed by atoms with Gasteiger partial charge in [0.15, 0.2) is 0 Å². The maximum Gasteiger partial charge on any atom is 0.338 e. The Morgan fingerprint density at radius 2 is 1.95 bits per heavy atom. The van der Waals surface area contributed by atoms with Crippen molar-refractivity contribution in [2.24, 2.45) is 0 Å². The number of ether oxygens (including phenoxy) is 1. The van der Waals surface area contributed by atoms with E-state index >= 15 is 0 Å². The number of alkyl halides is 2. The highest BCUT2D eigenvalue weighted by molar-refractivity contribution is 5.92. The van der Waals surface area contributed by atoms with Gasteiger partial charge in [-0.25, -0.2) is 13.6 Å². The van der Waals surface area contributed by atoms with Crippen LogP contribution in [-0.2, 0) is 4.74 Å². The first kappa shape index (κ1) is 16.1. The van der Waals surface area contributed by atoms with E-state index < -0.39 is 16.8 Å². The highest BCUT2D eigenvalue weighted by Gasteiger charge is 2.35. The maximum atomic E-state index is 13.3. The number of nitro groups is 1. The molecule has 120 valence electrons. The van der Waals surface area contributed by atoms with Gasteiger partial charge in [0.1, 0.15) is 0 Å². The Morgan fingerprint density at radius 3 is 2.45 bits per heavy atom. The van der Waals surface area contributed by atoms with Gasteiger partial charge in [0.05, 0.1) is 23.2 Å². The maximum absolute atomic E-state index is 13.3. The molecule has 0 aliphatic carbocycles. The fourth-order valence-corrected chi connectivity index (χ4v) is 2.51. The molecule has 2 rings (SSSR count). The molecule has 0 radical (unpaired) electrons. The lowest BCUT2D eigenvalue weighted by molar-refractivity contribution is -0.385. The van der Waals surface area contributed by atoms with Gasteiger partial charge in [0.25, 0.3) is 11.6 Å². The van der Waals surface area contributed by atoms with Gasteiger partial charge in [-0.3, -0.25) is 10.1 Å². The zero-order valence-electron chi connectivity index (χ0n) is 12.3. The van der Waals surface area contributed by atoms with Crippen LogP contribution in [0.2, 0.25) is 0 Å². The quantitative estimate of drug-likeness (QED) is 0.487. The van der Waals surface area contributed by atoms with Crippen LogP contribution in [0.1, 0.15) is 28.8 Å². The number of halogens is 2. The summed E-state index contributed by atoms with van der Waals surface area (Å²) in [4.78, 5) is 23.8. The van der Waals surface area contributed by atoms with E-state index in [4.69, 9.17) is 0 Å². The van der Waals surface area contributed by atoms with Crippen molar-refractivity contribution in [3.05, 3.63) is 33.4 Å². The van der Waals surface area contributed by atoms with Crippen molar-refractivity contribution in [3.63, 3.8) is 0 Å². The number of nitro benzene ring substituents is 1. The van der Waals surface area contributed by atoms with E-state index in [0.717, 1.165) is 6.07 Å². The van der Waals surface area contributed by atoms with E-state index in [0.29, 0.717) is 11.3 Å². The van der Waals surface area contributed by atoms with Crippen molar-refractivity contribution in [2.75, 3.05) is 25.1 Å². The first-order chi connectivity index (χ1) is 10.2. The third kappa shape index (κ3) is 3.15. The number of anilines is 1. The average Bonchev–Trinajstić information content (AvgIpc) is 2.46. The van der Waals surface area contributed by atoms with Gasteiger partial charge >= 0.3 is 5.97 Å². The van der Waals surface area contributed by atoms with E-state index in [1.165, 1.54) is 13.2 Å². The molecule has 0 bridgehead atoms. The normalized spacial score (nSPS) is 17.2. The molecule has 0 aromatic heterocycles. The van der Waals surface area contributed by atoms with Gasteiger partial charge in [-0.2, -0.15) is 0 Å². The number of hydrogen-bond acceptors (Lipinski definition) is 5. The van der Waals surface area contributed by atoms with Crippen LogP contribution in [-0.4, -0.2) is 37.0 Å². The van der Waals surface area contributed by atoms with E-state index in [2.05, 4.69) is 4.74 Å². The number of hydrogen-bond donors (Lipinski definition) is 0.